The van der Waals surface area contributed by atoms with Gasteiger partial charge in [-0.3, -0.25) is 24.0 Å². The summed E-state index contributed by atoms with van der Waals surface area (Å²) >= 11 is 0. The number of rotatable bonds is 11. The first kappa shape index (κ1) is 28.2. The molecular formula is C30H33N5O6. The van der Waals surface area contributed by atoms with Gasteiger partial charge in [-0.05, 0) is 30.2 Å². The van der Waals surface area contributed by atoms with Crippen molar-refractivity contribution in [2.24, 2.45) is 5.92 Å². The number of fused-ring (bicyclic) bond motifs is 1. The molecule has 1 aromatic heterocycles. The molecule has 2 aliphatic heterocycles. The van der Waals surface area contributed by atoms with Crippen LogP contribution >= 0.6 is 0 Å². The molecule has 3 aromatic rings. The third kappa shape index (κ3) is 5.50. The van der Waals surface area contributed by atoms with Crippen LogP contribution < -0.4 is 9.80 Å². The third-order valence-electron chi connectivity index (χ3n) is 7.49. The monoisotopic (exact) mass is 559 g/mol. The zero-order valence-corrected chi connectivity index (χ0v) is 23.0. The molecule has 11 nitrogen and oxygen atoms in total. The molecule has 1 saturated heterocycles. The number of hydrogen-bond acceptors (Lipinski definition) is 8. The van der Waals surface area contributed by atoms with Crippen LogP contribution in [0.2, 0.25) is 0 Å². The summed E-state index contributed by atoms with van der Waals surface area (Å²) in [6, 6.07) is 14.6. The lowest BCUT2D eigenvalue weighted by molar-refractivity contribution is -0.153. The largest absolute Gasteiger partial charge is 0.441 e. The number of β-lactam (4-membered cyclic amide) rings is 1. The quantitative estimate of drug-likeness (QED) is 0.208. The van der Waals surface area contributed by atoms with Gasteiger partial charge in [-0.25, -0.2) is 0 Å². The van der Waals surface area contributed by atoms with Gasteiger partial charge in [0.05, 0.1) is 24.3 Å². The maximum absolute atomic E-state index is 13.9. The SMILES string of the molecule is CC(=O)OC1CC(=O)N1c1ccc2c(c1)[C@](O)([C@@H](C)/C=C/CCn1cc(CCO)nn1)C(=O)N2Cc1ccccc1. The molecule has 0 aliphatic carbocycles. The van der Waals surface area contributed by atoms with Crippen molar-refractivity contribution in [1.82, 2.24) is 15.0 Å². The maximum Gasteiger partial charge on any atom is 0.304 e. The number of esters is 1. The molecule has 1 fully saturated rings. The number of aryl methyl sites for hydroxylation is 1. The topological polar surface area (TPSA) is 138 Å². The van der Waals surface area contributed by atoms with Gasteiger partial charge in [0.25, 0.3) is 5.91 Å². The standard InChI is InChI=1S/C30H33N5O6/c1-20(8-6-7-14-33-19-23(13-15-36)31-32-33)30(40)25-16-24(35-27(38)17-28(35)41-21(2)37)11-12-26(25)34(29(30)39)18-22-9-4-3-5-10-22/h3-6,8-12,16,19-20,28,36,40H,7,13-15,17-18H2,1-2H3/b8-6+/t20-,28?,30+/m0/s1. The predicted octanol–water partition coefficient (Wildman–Crippen LogP) is 2.46. The highest BCUT2D eigenvalue weighted by molar-refractivity contribution is 6.08. The summed E-state index contributed by atoms with van der Waals surface area (Å²) in [7, 11) is 0. The van der Waals surface area contributed by atoms with Crippen LogP contribution in [-0.4, -0.2) is 55.8 Å². The van der Waals surface area contributed by atoms with Crippen molar-refractivity contribution < 1.29 is 29.3 Å². The number of benzene rings is 2. The minimum Gasteiger partial charge on any atom is -0.441 e. The van der Waals surface area contributed by atoms with E-state index < -0.39 is 29.6 Å². The second kappa shape index (κ2) is 11.6. The van der Waals surface area contributed by atoms with E-state index in [2.05, 4.69) is 10.3 Å². The van der Waals surface area contributed by atoms with E-state index in [1.54, 1.807) is 40.9 Å². The molecule has 2 aliphatic rings. The Morgan fingerprint density at radius 1 is 1.22 bits per heavy atom. The van der Waals surface area contributed by atoms with E-state index in [1.807, 2.05) is 42.5 Å². The van der Waals surface area contributed by atoms with Gasteiger partial charge in [-0.1, -0.05) is 54.6 Å². The van der Waals surface area contributed by atoms with Gasteiger partial charge >= 0.3 is 5.97 Å². The zero-order valence-electron chi connectivity index (χ0n) is 23.0. The Balaban J connectivity index is 1.42. The summed E-state index contributed by atoms with van der Waals surface area (Å²) < 4.78 is 6.95. The molecule has 3 atom stereocenters. The van der Waals surface area contributed by atoms with Crippen molar-refractivity contribution in [3.8, 4) is 0 Å². The van der Waals surface area contributed by atoms with Crippen LogP contribution in [0.4, 0.5) is 11.4 Å². The Morgan fingerprint density at radius 3 is 2.71 bits per heavy atom. The van der Waals surface area contributed by atoms with Crippen molar-refractivity contribution in [2.75, 3.05) is 16.4 Å². The van der Waals surface area contributed by atoms with Crippen molar-refractivity contribution in [3.63, 3.8) is 0 Å². The Bertz CT molecular complexity index is 1470. The summed E-state index contributed by atoms with van der Waals surface area (Å²) in [5.41, 5.74) is 1.12. The lowest BCUT2D eigenvalue weighted by Gasteiger charge is -2.39. The van der Waals surface area contributed by atoms with Gasteiger partial charge in [0, 0.05) is 49.9 Å². The number of carbonyl (C=O) groups is 3. The summed E-state index contributed by atoms with van der Waals surface area (Å²) in [5.74, 6) is -1.78. The molecule has 5 rings (SSSR count). The number of aromatic nitrogens is 3. The van der Waals surface area contributed by atoms with E-state index in [0.29, 0.717) is 42.0 Å². The van der Waals surface area contributed by atoms with E-state index in [9.17, 15) is 19.5 Å². The summed E-state index contributed by atoms with van der Waals surface area (Å²) in [5, 5.41) is 29.2. The Labute approximate surface area is 237 Å². The fourth-order valence-corrected chi connectivity index (χ4v) is 5.31. The summed E-state index contributed by atoms with van der Waals surface area (Å²) in [6.07, 6.45) is 5.85. The number of hydrogen-bond donors (Lipinski definition) is 2. The summed E-state index contributed by atoms with van der Waals surface area (Å²) in [6.45, 7) is 3.88. The first-order chi connectivity index (χ1) is 19.7. The number of ether oxygens (including phenoxy) is 1. The number of carbonyl (C=O) groups excluding carboxylic acids is 3. The van der Waals surface area contributed by atoms with Crippen LogP contribution in [0.5, 0.6) is 0 Å². The molecule has 3 heterocycles. The van der Waals surface area contributed by atoms with Gasteiger partial charge in [0.15, 0.2) is 11.8 Å². The number of nitrogens with zero attached hydrogens (tertiary/aromatic N) is 5. The molecule has 214 valence electrons. The third-order valence-corrected chi connectivity index (χ3v) is 7.49. The summed E-state index contributed by atoms with van der Waals surface area (Å²) in [4.78, 5) is 40.9. The molecule has 11 heteroatoms. The number of amides is 2. The smallest absolute Gasteiger partial charge is 0.304 e. The van der Waals surface area contributed by atoms with Crippen LogP contribution in [0.25, 0.3) is 0 Å². The minimum absolute atomic E-state index is 0.00350. The van der Waals surface area contributed by atoms with Crippen molar-refractivity contribution in [2.45, 2.75) is 58.0 Å². The molecule has 0 radical (unpaired) electrons. The minimum atomic E-state index is -1.89. The molecule has 41 heavy (non-hydrogen) atoms. The number of allylic oxidation sites excluding steroid dienone is 1. The van der Waals surface area contributed by atoms with Gasteiger partial charge < -0.3 is 19.8 Å². The zero-order chi connectivity index (χ0) is 29.1. The van der Waals surface area contributed by atoms with Crippen LogP contribution in [0.1, 0.15) is 43.5 Å². The van der Waals surface area contributed by atoms with E-state index in [0.717, 1.165) is 5.56 Å². The van der Waals surface area contributed by atoms with Crippen LogP contribution in [-0.2, 0) is 44.2 Å². The molecule has 0 spiro atoms. The van der Waals surface area contributed by atoms with Gasteiger partial charge in [-0.2, -0.15) is 0 Å². The molecule has 1 unspecified atom stereocenters. The average Bonchev–Trinajstić information content (AvgIpc) is 3.48. The van der Waals surface area contributed by atoms with Crippen molar-refractivity contribution >= 4 is 29.2 Å². The van der Waals surface area contributed by atoms with E-state index in [1.165, 1.54) is 11.8 Å². The van der Waals surface area contributed by atoms with Gasteiger partial charge in [0.1, 0.15) is 0 Å². The van der Waals surface area contributed by atoms with Gasteiger partial charge in [-0.15, -0.1) is 5.10 Å². The highest BCUT2D eigenvalue weighted by Gasteiger charge is 2.53. The van der Waals surface area contributed by atoms with E-state index in [4.69, 9.17) is 9.84 Å². The fraction of sp³-hybridized carbons (Fsp3) is 0.367. The number of aliphatic hydroxyl groups is 2. The lowest BCUT2D eigenvalue weighted by Crippen LogP contribution is -2.55. The molecular weight excluding hydrogens is 526 g/mol. The molecule has 2 N–H and O–H groups in total. The van der Waals surface area contributed by atoms with Crippen LogP contribution in [0.3, 0.4) is 0 Å². The molecule has 0 bridgehead atoms. The van der Waals surface area contributed by atoms with Crippen LogP contribution in [0, 0.1) is 5.92 Å². The first-order valence-electron chi connectivity index (χ1n) is 13.6. The maximum atomic E-state index is 13.9. The second-order valence-electron chi connectivity index (χ2n) is 10.3. The first-order valence-corrected chi connectivity index (χ1v) is 13.6. The lowest BCUT2D eigenvalue weighted by atomic mass is 9.82. The highest BCUT2D eigenvalue weighted by Crippen LogP contribution is 2.48. The van der Waals surface area contributed by atoms with Crippen LogP contribution in [0.15, 0.2) is 66.9 Å². The van der Waals surface area contributed by atoms with E-state index in [-0.39, 0.29) is 25.5 Å². The van der Waals surface area contributed by atoms with E-state index >= 15 is 0 Å². The van der Waals surface area contributed by atoms with Gasteiger partial charge in [0.2, 0.25) is 5.91 Å². The normalized spacial score (nSPS) is 20.8. The Hall–Kier alpha value is -4.35. The van der Waals surface area contributed by atoms with Crippen molar-refractivity contribution in [1.29, 1.82) is 0 Å². The second-order valence-corrected chi connectivity index (χ2v) is 10.3. The molecule has 0 saturated carbocycles. The Kier molecular flexibility index (Phi) is 8.00. The predicted molar refractivity (Wildman–Crippen MR) is 149 cm³/mol. The molecule has 2 amide bonds. The Morgan fingerprint density at radius 2 is 2.00 bits per heavy atom. The van der Waals surface area contributed by atoms with Crippen molar-refractivity contribution in [3.05, 3.63) is 83.7 Å². The molecule has 2 aromatic carbocycles. The fourth-order valence-electron chi connectivity index (χ4n) is 5.31. The number of aliphatic hydroxyl groups excluding tert-OH is 1. The number of anilines is 2. The average molecular weight is 560 g/mol. The highest BCUT2D eigenvalue weighted by atomic mass is 16.6.